The molecule has 0 radical (unpaired) electrons. The molecule has 0 saturated carbocycles. The number of hydrogen-bond donors (Lipinski definition) is 2. The summed E-state index contributed by atoms with van der Waals surface area (Å²) >= 11 is 1.95. The second kappa shape index (κ2) is 12.6. The topological polar surface area (TPSA) is 93.5 Å². The molecule has 0 bridgehead atoms. The zero-order chi connectivity index (χ0) is 25.5. The highest BCUT2D eigenvalue weighted by atomic mass is 32.2. The number of nitrogens with zero attached hydrogens (tertiary/aromatic N) is 3. The van der Waals surface area contributed by atoms with E-state index in [1.165, 1.54) is 26.6 Å². The maximum Gasteiger partial charge on any atom is 0.303 e. The Balaban J connectivity index is 0.000000331. The van der Waals surface area contributed by atoms with Crippen LogP contribution in [0.1, 0.15) is 30.0 Å². The fraction of sp³-hybridized carbons (Fsp3) is 0.481. The summed E-state index contributed by atoms with van der Waals surface area (Å²) in [5.41, 5.74) is 4.35. The lowest BCUT2D eigenvalue weighted by Gasteiger charge is -2.39. The Morgan fingerprint density at radius 2 is 1.58 bits per heavy atom. The number of carboxylic acids is 2. The minimum atomic E-state index is -1.08. The highest BCUT2D eigenvalue weighted by molar-refractivity contribution is 7.99. The third kappa shape index (κ3) is 7.00. The molecule has 0 aromatic heterocycles. The molecule has 5 rings (SSSR count). The third-order valence-corrected chi connectivity index (χ3v) is 8.08. The number of piperazine rings is 1. The van der Waals surface area contributed by atoms with Crippen molar-refractivity contribution in [2.24, 2.45) is 0 Å². The smallest absolute Gasteiger partial charge is 0.303 e. The highest BCUT2D eigenvalue weighted by Gasteiger charge is 2.30. The first-order valence-corrected chi connectivity index (χ1v) is 13.3. The monoisotopic (exact) mass is 513 g/mol. The van der Waals surface area contributed by atoms with Gasteiger partial charge in [0.15, 0.2) is 0 Å². The number of ether oxygens (including phenoxy) is 1. The fourth-order valence-electron chi connectivity index (χ4n) is 4.79. The van der Waals surface area contributed by atoms with Gasteiger partial charge in [0.2, 0.25) is 0 Å². The Kier molecular flexibility index (Phi) is 9.25. The minimum absolute atomic E-state index is 0.296. The van der Waals surface area contributed by atoms with Crippen molar-refractivity contribution < 1.29 is 24.5 Å². The molecule has 3 heterocycles. The van der Waals surface area contributed by atoms with Gasteiger partial charge in [0, 0.05) is 60.8 Å². The molecule has 2 saturated heterocycles. The van der Waals surface area contributed by atoms with Crippen LogP contribution in [-0.4, -0.2) is 91.5 Å². The van der Waals surface area contributed by atoms with E-state index in [1.54, 1.807) is 0 Å². The van der Waals surface area contributed by atoms with Gasteiger partial charge in [0.05, 0.1) is 26.1 Å². The lowest BCUT2D eigenvalue weighted by atomic mass is 9.96. The van der Waals surface area contributed by atoms with Gasteiger partial charge in [-0.05, 0) is 48.9 Å². The van der Waals surface area contributed by atoms with E-state index in [-0.39, 0.29) is 12.8 Å². The van der Waals surface area contributed by atoms with Crippen LogP contribution in [0.2, 0.25) is 0 Å². The first-order chi connectivity index (χ1) is 17.4. The van der Waals surface area contributed by atoms with Crippen molar-refractivity contribution in [2.75, 3.05) is 64.4 Å². The predicted octanol–water partition coefficient (Wildman–Crippen LogP) is 3.45. The van der Waals surface area contributed by atoms with Gasteiger partial charge in [-0.3, -0.25) is 14.5 Å². The number of carbonyl (C=O) groups is 2. The van der Waals surface area contributed by atoms with Gasteiger partial charge in [0.25, 0.3) is 0 Å². The molecule has 0 aliphatic carbocycles. The van der Waals surface area contributed by atoms with E-state index >= 15 is 0 Å². The van der Waals surface area contributed by atoms with Gasteiger partial charge in [-0.25, -0.2) is 0 Å². The Labute approximate surface area is 216 Å². The summed E-state index contributed by atoms with van der Waals surface area (Å²) in [5.74, 6) is -2.15. The molecule has 2 fully saturated rings. The van der Waals surface area contributed by atoms with Gasteiger partial charge >= 0.3 is 11.9 Å². The maximum atomic E-state index is 9.64. The van der Waals surface area contributed by atoms with E-state index in [2.05, 4.69) is 64.2 Å². The summed E-state index contributed by atoms with van der Waals surface area (Å²) in [7, 11) is 2.24. The van der Waals surface area contributed by atoms with E-state index in [0.29, 0.717) is 6.04 Å². The minimum Gasteiger partial charge on any atom is -0.481 e. The second-order valence-electron chi connectivity index (χ2n) is 9.38. The van der Waals surface area contributed by atoms with E-state index in [0.717, 1.165) is 58.9 Å². The summed E-state index contributed by atoms with van der Waals surface area (Å²) in [6.45, 7) is 8.26. The van der Waals surface area contributed by atoms with Crippen molar-refractivity contribution in [3.63, 3.8) is 0 Å². The molecule has 3 aliphatic heterocycles. The van der Waals surface area contributed by atoms with Crippen LogP contribution in [0.15, 0.2) is 52.3 Å². The molecule has 3 aliphatic rings. The SMILES string of the molecule is CN1CCN(C2Cc3ccccc3Sc3ccc(N4CCOCC4)cc32)CC1.O=C(O)CCC(=O)O. The van der Waals surface area contributed by atoms with Crippen LogP contribution in [-0.2, 0) is 20.7 Å². The molecule has 9 heteroatoms. The van der Waals surface area contributed by atoms with Crippen molar-refractivity contribution in [3.05, 3.63) is 53.6 Å². The predicted molar refractivity (Wildman–Crippen MR) is 140 cm³/mol. The molecular formula is C27H35N3O5S. The lowest BCUT2D eigenvalue weighted by Crippen LogP contribution is -2.46. The van der Waals surface area contributed by atoms with Crippen LogP contribution in [0.4, 0.5) is 5.69 Å². The van der Waals surface area contributed by atoms with Gasteiger partial charge < -0.3 is 24.7 Å². The fourth-order valence-corrected chi connectivity index (χ4v) is 5.90. The lowest BCUT2D eigenvalue weighted by molar-refractivity contribution is -0.143. The Morgan fingerprint density at radius 3 is 2.25 bits per heavy atom. The summed E-state index contributed by atoms with van der Waals surface area (Å²) in [6.07, 6.45) is 0.511. The Hall–Kier alpha value is -2.59. The van der Waals surface area contributed by atoms with E-state index in [1.807, 2.05) is 11.8 Å². The largest absolute Gasteiger partial charge is 0.481 e. The Morgan fingerprint density at radius 1 is 0.917 bits per heavy atom. The van der Waals surface area contributed by atoms with Crippen LogP contribution in [0.5, 0.6) is 0 Å². The van der Waals surface area contributed by atoms with Crippen LogP contribution in [0.25, 0.3) is 0 Å². The number of anilines is 1. The number of likely N-dealkylation sites (N-methyl/N-ethyl adjacent to an activating group) is 1. The first-order valence-electron chi connectivity index (χ1n) is 12.5. The zero-order valence-corrected chi connectivity index (χ0v) is 21.6. The molecule has 1 atom stereocenters. The number of fused-ring (bicyclic) bond motifs is 2. The van der Waals surface area contributed by atoms with Crippen molar-refractivity contribution >= 4 is 29.4 Å². The summed E-state index contributed by atoms with van der Waals surface area (Å²) in [4.78, 5) is 29.8. The third-order valence-electron chi connectivity index (χ3n) is 6.87. The molecule has 8 nitrogen and oxygen atoms in total. The highest BCUT2D eigenvalue weighted by Crippen LogP contribution is 2.44. The standard InChI is InChI=1S/C23H29N3OS.C4H6O4/c1-24-8-10-26(11-9-24)21-16-18-4-2-3-5-22(18)28-23-7-6-19(17-20(21)23)25-12-14-27-15-13-25;5-3(6)1-2-4(7)8/h2-7,17,21H,8-16H2,1H3;1-2H2,(H,5,6)(H,7,8). The molecule has 2 aromatic rings. The number of hydrogen-bond acceptors (Lipinski definition) is 7. The molecule has 0 spiro atoms. The van der Waals surface area contributed by atoms with Gasteiger partial charge in [-0.1, -0.05) is 30.0 Å². The number of aliphatic carboxylic acids is 2. The quantitative estimate of drug-likeness (QED) is 0.623. The summed E-state index contributed by atoms with van der Waals surface area (Å²) in [5, 5.41) is 15.8. The van der Waals surface area contributed by atoms with E-state index in [9.17, 15) is 9.59 Å². The van der Waals surface area contributed by atoms with Crippen molar-refractivity contribution in [3.8, 4) is 0 Å². The number of rotatable bonds is 5. The molecule has 36 heavy (non-hydrogen) atoms. The second-order valence-corrected chi connectivity index (χ2v) is 10.5. The van der Waals surface area contributed by atoms with Gasteiger partial charge in [-0.2, -0.15) is 0 Å². The van der Waals surface area contributed by atoms with Crippen LogP contribution in [0, 0.1) is 0 Å². The van der Waals surface area contributed by atoms with Gasteiger partial charge in [0.1, 0.15) is 0 Å². The number of morpholine rings is 1. The Bertz CT molecular complexity index is 1040. The average Bonchev–Trinajstić information content (AvgIpc) is 3.05. The number of carboxylic acid groups (broad SMARTS) is 2. The molecule has 0 amide bonds. The van der Waals surface area contributed by atoms with Gasteiger partial charge in [-0.15, -0.1) is 0 Å². The first kappa shape index (κ1) is 26.5. The summed E-state index contributed by atoms with van der Waals surface area (Å²) in [6, 6.07) is 16.6. The molecule has 2 N–H and O–H groups in total. The van der Waals surface area contributed by atoms with Crippen LogP contribution >= 0.6 is 11.8 Å². The van der Waals surface area contributed by atoms with Crippen molar-refractivity contribution in [1.29, 1.82) is 0 Å². The molecule has 1 unspecified atom stereocenters. The number of benzene rings is 2. The molecular weight excluding hydrogens is 478 g/mol. The van der Waals surface area contributed by atoms with Crippen molar-refractivity contribution in [2.45, 2.75) is 35.1 Å². The van der Waals surface area contributed by atoms with E-state index < -0.39 is 11.9 Å². The van der Waals surface area contributed by atoms with Crippen LogP contribution in [0.3, 0.4) is 0 Å². The zero-order valence-electron chi connectivity index (χ0n) is 20.8. The maximum absolute atomic E-state index is 9.64. The molecule has 2 aromatic carbocycles. The van der Waals surface area contributed by atoms with E-state index in [4.69, 9.17) is 14.9 Å². The van der Waals surface area contributed by atoms with Crippen LogP contribution < -0.4 is 4.90 Å². The normalized spacial score (nSPS) is 20.4. The van der Waals surface area contributed by atoms with Crippen molar-refractivity contribution in [1.82, 2.24) is 9.80 Å². The summed E-state index contributed by atoms with van der Waals surface area (Å²) < 4.78 is 5.56. The average molecular weight is 514 g/mol. The molecule has 194 valence electrons.